The quantitative estimate of drug-likeness (QED) is 0.493. The second kappa shape index (κ2) is 3.09. The number of β-amino-alcohol motifs (C(OH)–C–C–N with tert-alkyl or cyclic N) is 1. The Balaban J connectivity index is 2.56. The van der Waals surface area contributed by atoms with Crippen LogP contribution in [0, 0.1) is 5.92 Å². The van der Waals surface area contributed by atoms with E-state index in [2.05, 4.69) is 19.2 Å². The number of nitrogens with one attached hydrogen (secondary N) is 1. The summed E-state index contributed by atoms with van der Waals surface area (Å²) in [5, 5.41) is 21.5. The van der Waals surface area contributed by atoms with Crippen LogP contribution in [0.4, 0.5) is 0 Å². The van der Waals surface area contributed by atoms with Gasteiger partial charge in [0.25, 0.3) is 0 Å². The third-order valence-corrected chi connectivity index (χ3v) is 2.59. The fourth-order valence-electron chi connectivity index (χ4n) is 1.53. The lowest BCUT2D eigenvalue weighted by Gasteiger charge is -2.40. The molecule has 1 rings (SSSR count). The Bertz CT molecular complexity index is 136. The van der Waals surface area contributed by atoms with Gasteiger partial charge in [0.15, 0.2) is 0 Å². The molecule has 2 atom stereocenters. The van der Waals surface area contributed by atoms with Crippen molar-refractivity contribution < 1.29 is 10.2 Å². The first-order valence-electron chi connectivity index (χ1n) is 4.10. The van der Waals surface area contributed by atoms with Crippen molar-refractivity contribution in [3.05, 3.63) is 0 Å². The molecule has 0 amide bonds. The first-order chi connectivity index (χ1) is 5.06. The second-order valence-electron chi connectivity index (χ2n) is 3.87. The van der Waals surface area contributed by atoms with Crippen molar-refractivity contribution in [1.29, 1.82) is 0 Å². The monoisotopic (exact) mass is 159 g/mol. The fraction of sp³-hybridized carbons (Fsp3) is 1.00. The first kappa shape index (κ1) is 8.97. The van der Waals surface area contributed by atoms with Gasteiger partial charge < -0.3 is 15.5 Å². The van der Waals surface area contributed by atoms with Crippen LogP contribution in [-0.4, -0.2) is 35.0 Å². The second-order valence-corrected chi connectivity index (χ2v) is 3.87. The molecule has 0 bridgehead atoms. The van der Waals surface area contributed by atoms with Crippen molar-refractivity contribution in [3.63, 3.8) is 0 Å². The highest BCUT2D eigenvalue weighted by molar-refractivity contribution is 4.92. The Morgan fingerprint density at radius 2 is 2.18 bits per heavy atom. The van der Waals surface area contributed by atoms with E-state index >= 15 is 0 Å². The maximum Gasteiger partial charge on any atom is 0.0669 e. The average Bonchev–Trinajstić information content (AvgIpc) is 1.94. The summed E-state index contributed by atoms with van der Waals surface area (Å²) in [6.45, 7) is 4.90. The number of aliphatic hydroxyl groups is 2. The molecular weight excluding hydrogens is 142 g/mol. The zero-order valence-corrected chi connectivity index (χ0v) is 7.17. The molecular formula is C8H17NO2. The van der Waals surface area contributed by atoms with E-state index in [0.29, 0.717) is 13.0 Å². The summed E-state index contributed by atoms with van der Waals surface area (Å²) in [7, 11) is 0. The Hall–Kier alpha value is -0.120. The van der Waals surface area contributed by atoms with Crippen molar-refractivity contribution in [2.75, 3.05) is 13.2 Å². The topological polar surface area (TPSA) is 52.5 Å². The van der Waals surface area contributed by atoms with E-state index < -0.39 is 0 Å². The van der Waals surface area contributed by atoms with E-state index in [4.69, 9.17) is 5.11 Å². The molecule has 66 valence electrons. The van der Waals surface area contributed by atoms with Crippen LogP contribution >= 0.6 is 0 Å². The highest BCUT2D eigenvalue weighted by atomic mass is 16.3. The van der Waals surface area contributed by atoms with Crippen molar-refractivity contribution in [3.8, 4) is 0 Å². The van der Waals surface area contributed by atoms with Gasteiger partial charge in [-0.2, -0.15) is 0 Å². The number of hydrogen-bond acceptors (Lipinski definition) is 3. The Morgan fingerprint density at radius 1 is 1.55 bits per heavy atom. The van der Waals surface area contributed by atoms with E-state index in [9.17, 15) is 5.11 Å². The van der Waals surface area contributed by atoms with E-state index in [1.807, 2.05) is 0 Å². The molecule has 3 nitrogen and oxygen atoms in total. The van der Waals surface area contributed by atoms with Crippen molar-refractivity contribution in [2.24, 2.45) is 5.92 Å². The molecule has 0 aromatic heterocycles. The first-order valence-corrected chi connectivity index (χ1v) is 4.10. The molecule has 3 heteroatoms. The molecule has 1 fully saturated rings. The summed E-state index contributed by atoms with van der Waals surface area (Å²) in [5.41, 5.74) is -0.0337. The average molecular weight is 159 g/mol. The fourth-order valence-corrected chi connectivity index (χ4v) is 1.53. The largest absolute Gasteiger partial charge is 0.396 e. The van der Waals surface area contributed by atoms with Crippen molar-refractivity contribution in [2.45, 2.75) is 31.9 Å². The van der Waals surface area contributed by atoms with E-state index in [1.165, 1.54) is 0 Å². The lowest BCUT2D eigenvalue weighted by atomic mass is 9.80. The molecule has 1 heterocycles. The van der Waals surface area contributed by atoms with Gasteiger partial charge in [-0.3, -0.25) is 0 Å². The Morgan fingerprint density at radius 3 is 2.64 bits per heavy atom. The number of aliphatic hydroxyl groups excluding tert-OH is 2. The summed E-state index contributed by atoms with van der Waals surface area (Å²) in [6.07, 6.45) is 0.413. The highest BCUT2D eigenvalue weighted by Crippen LogP contribution is 2.25. The van der Waals surface area contributed by atoms with Gasteiger partial charge in [-0.25, -0.2) is 0 Å². The zero-order valence-electron chi connectivity index (χ0n) is 7.17. The minimum Gasteiger partial charge on any atom is -0.396 e. The van der Waals surface area contributed by atoms with Crippen LogP contribution in [0.15, 0.2) is 0 Å². The van der Waals surface area contributed by atoms with Crippen LogP contribution in [0.2, 0.25) is 0 Å². The summed E-state index contributed by atoms with van der Waals surface area (Å²) < 4.78 is 0. The van der Waals surface area contributed by atoms with Crippen LogP contribution < -0.4 is 5.32 Å². The van der Waals surface area contributed by atoms with Gasteiger partial charge in [0, 0.05) is 24.6 Å². The van der Waals surface area contributed by atoms with E-state index in [1.54, 1.807) is 0 Å². The Kier molecular flexibility index (Phi) is 2.52. The van der Waals surface area contributed by atoms with Crippen molar-refractivity contribution >= 4 is 0 Å². The number of piperidine rings is 1. The minimum absolute atomic E-state index is 0.0337. The normalized spacial score (nSPS) is 37.1. The molecule has 3 N–H and O–H groups in total. The Labute approximate surface area is 67.4 Å². The van der Waals surface area contributed by atoms with Gasteiger partial charge in [-0.05, 0) is 20.3 Å². The molecule has 0 aliphatic carbocycles. The lowest BCUT2D eigenvalue weighted by Crippen LogP contribution is -2.55. The van der Waals surface area contributed by atoms with E-state index in [-0.39, 0.29) is 24.2 Å². The molecule has 0 aromatic carbocycles. The summed E-state index contributed by atoms with van der Waals surface area (Å²) >= 11 is 0. The lowest BCUT2D eigenvalue weighted by molar-refractivity contribution is 0.0316. The molecule has 0 spiro atoms. The van der Waals surface area contributed by atoms with Crippen LogP contribution in [0.5, 0.6) is 0 Å². The maximum atomic E-state index is 9.27. The summed E-state index contributed by atoms with van der Waals surface area (Å²) in [4.78, 5) is 0. The van der Waals surface area contributed by atoms with Gasteiger partial charge in [0.2, 0.25) is 0 Å². The van der Waals surface area contributed by atoms with Crippen molar-refractivity contribution in [1.82, 2.24) is 5.32 Å². The highest BCUT2D eigenvalue weighted by Gasteiger charge is 2.34. The molecule has 0 radical (unpaired) electrons. The van der Waals surface area contributed by atoms with Crippen LogP contribution in [0.3, 0.4) is 0 Å². The van der Waals surface area contributed by atoms with Gasteiger partial charge in [-0.1, -0.05) is 0 Å². The summed E-state index contributed by atoms with van der Waals surface area (Å²) in [5.74, 6) is 0.172. The van der Waals surface area contributed by atoms with Crippen LogP contribution in [0.25, 0.3) is 0 Å². The molecule has 1 saturated heterocycles. The molecule has 11 heavy (non-hydrogen) atoms. The molecule has 0 aromatic rings. The van der Waals surface area contributed by atoms with Gasteiger partial charge in [0.1, 0.15) is 0 Å². The number of hydrogen-bond donors (Lipinski definition) is 3. The van der Waals surface area contributed by atoms with Crippen LogP contribution in [-0.2, 0) is 0 Å². The van der Waals surface area contributed by atoms with Gasteiger partial charge >= 0.3 is 0 Å². The van der Waals surface area contributed by atoms with Crippen LogP contribution in [0.1, 0.15) is 20.3 Å². The predicted molar refractivity (Wildman–Crippen MR) is 43.3 cm³/mol. The third-order valence-electron chi connectivity index (χ3n) is 2.59. The molecule has 1 aliphatic heterocycles. The molecule has 2 unspecified atom stereocenters. The zero-order chi connectivity index (χ0) is 8.48. The summed E-state index contributed by atoms with van der Waals surface area (Å²) in [6, 6.07) is 0. The smallest absolute Gasteiger partial charge is 0.0669 e. The minimum atomic E-state index is -0.292. The predicted octanol–water partition coefficient (Wildman–Crippen LogP) is -0.272. The SMILES string of the molecule is CC1(C)NCC(O)CC1CO. The third kappa shape index (κ3) is 1.92. The van der Waals surface area contributed by atoms with Gasteiger partial charge in [-0.15, -0.1) is 0 Å². The van der Waals surface area contributed by atoms with Gasteiger partial charge in [0.05, 0.1) is 6.10 Å². The van der Waals surface area contributed by atoms with E-state index in [0.717, 1.165) is 0 Å². The molecule has 0 saturated carbocycles. The number of rotatable bonds is 1. The maximum absolute atomic E-state index is 9.27. The standard InChI is InChI=1S/C8H17NO2/c1-8(2)6(5-10)3-7(11)4-9-8/h6-7,9-11H,3-5H2,1-2H3. The molecule has 1 aliphatic rings.